The first-order valence-corrected chi connectivity index (χ1v) is 5.15. The van der Waals surface area contributed by atoms with Crippen LogP contribution in [0.15, 0.2) is 18.2 Å². The van der Waals surface area contributed by atoms with Crippen molar-refractivity contribution in [1.82, 2.24) is 15.5 Å². The van der Waals surface area contributed by atoms with Gasteiger partial charge in [-0.1, -0.05) is 0 Å². The Morgan fingerprint density at radius 3 is 3.00 bits per heavy atom. The Balaban J connectivity index is 2.42. The maximum atomic E-state index is 11.7. The number of aliphatic hydroxyl groups excluding tert-OH is 1. The topological polar surface area (TPSA) is 121 Å². The number of nitro groups is 1. The van der Waals surface area contributed by atoms with Gasteiger partial charge in [0.2, 0.25) is 0 Å². The zero-order chi connectivity index (χ0) is 13.1. The number of rotatable bonds is 4. The Bertz CT molecular complexity index is 607. The number of nitrogens with one attached hydrogen (secondary N) is 2. The largest absolute Gasteiger partial charge is 0.395 e. The second-order valence-corrected chi connectivity index (χ2v) is 3.54. The number of nitrogens with zero attached hydrogens (tertiary/aromatic N) is 2. The Morgan fingerprint density at radius 1 is 1.56 bits per heavy atom. The molecule has 0 bridgehead atoms. The average Bonchev–Trinajstić information content (AvgIpc) is 2.78. The van der Waals surface area contributed by atoms with Crippen LogP contribution in [0.4, 0.5) is 5.69 Å². The molecule has 94 valence electrons. The van der Waals surface area contributed by atoms with Crippen molar-refractivity contribution in [3.63, 3.8) is 0 Å². The molecule has 1 aromatic heterocycles. The summed E-state index contributed by atoms with van der Waals surface area (Å²) >= 11 is 0. The van der Waals surface area contributed by atoms with Gasteiger partial charge in [0.1, 0.15) is 0 Å². The molecule has 18 heavy (non-hydrogen) atoms. The van der Waals surface area contributed by atoms with Crippen molar-refractivity contribution in [3.8, 4) is 0 Å². The molecule has 0 unspecified atom stereocenters. The Morgan fingerprint density at radius 2 is 2.33 bits per heavy atom. The number of fused-ring (bicyclic) bond motifs is 1. The van der Waals surface area contributed by atoms with Gasteiger partial charge in [0, 0.05) is 24.1 Å². The van der Waals surface area contributed by atoms with Crippen molar-refractivity contribution < 1.29 is 14.8 Å². The fourth-order valence-corrected chi connectivity index (χ4v) is 1.54. The lowest BCUT2D eigenvalue weighted by molar-refractivity contribution is -0.384. The van der Waals surface area contributed by atoms with Crippen LogP contribution in [0.25, 0.3) is 10.9 Å². The fraction of sp³-hybridized carbons (Fsp3) is 0.200. The molecule has 3 N–H and O–H groups in total. The minimum atomic E-state index is -0.540. The van der Waals surface area contributed by atoms with Gasteiger partial charge >= 0.3 is 0 Å². The van der Waals surface area contributed by atoms with Crippen LogP contribution in [-0.2, 0) is 0 Å². The van der Waals surface area contributed by atoms with E-state index in [0.717, 1.165) is 0 Å². The highest BCUT2D eigenvalue weighted by Crippen LogP contribution is 2.21. The first-order valence-electron chi connectivity index (χ1n) is 5.15. The number of non-ortho nitro benzene ring substituents is 1. The van der Waals surface area contributed by atoms with Crippen molar-refractivity contribution >= 4 is 22.5 Å². The van der Waals surface area contributed by atoms with Crippen molar-refractivity contribution in [2.24, 2.45) is 0 Å². The number of carbonyl (C=O) groups excluding carboxylic acids is 1. The minimum absolute atomic E-state index is 0.0714. The number of benzene rings is 1. The van der Waals surface area contributed by atoms with E-state index in [-0.39, 0.29) is 24.5 Å². The fourth-order valence-electron chi connectivity index (χ4n) is 1.54. The van der Waals surface area contributed by atoms with Crippen molar-refractivity contribution in [1.29, 1.82) is 0 Å². The van der Waals surface area contributed by atoms with E-state index in [4.69, 9.17) is 5.11 Å². The van der Waals surface area contributed by atoms with E-state index in [1.165, 1.54) is 18.2 Å². The number of hydrogen-bond donors (Lipinski definition) is 3. The lowest BCUT2D eigenvalue weighted by atomic mass is 10.2. The van der Waals surface area contributed by atoms with Crippen LogP contribution < -0.4 is 5.32 Å². The third-order valence-electron chi connectivity index (χ3n) is 2.37. The SMILES string of the molecule is O=C(NCCO)c1n[nH]c2ccc([N+](=O)[O-])cc12. The Kier molecular flexibility index (Phi) is 3.20. The van der Waals surface area contributed by atoms with Gasteiger partial charge in [-0.2, -0.15) is 5.10 Å². The second-order valence-electron chi connectivity index (χ2n) is 3.54. The van der Waals surface area contributed by atoms with Crippen LogP contribution in [0.3, 0.4) is 0 Å². The van der Waals surface area contributed by atoms with E-state index in [9.17, 15) is 14.9 Å². The predicted molar refractivity (Wildman–Crippen MR) is 62.2 cm³/mol. The lowest BCUT2D eigenvalue weighted by Crippen LogP contribution is -2.26. The molecule has 1 amide bonds. The number of amides is 1. The van der Waals surface area contributed by atoms with Crippen LogP contribution in [0.1, 0.15) is 10.5 Å². The highest BCUT2D eigenvalue weighted by Gasteiger charge is 2.16. The van der Waals surface area contributed by atoms with Gasteiger partial charge in [0.05, 0.1) is 17.0 Å². The third kappa shape index (κ3) is 2.13. The monoisotopic (exact) mass is 250 g/mol. The molecular weight excluding hydrogens is 240 g/mol. The van der Waals surface area contributed by atoms with Crippen LogP contribution in [0, 0.1) is 10.1 Å². The number of aromatic amines is 1. The standard InChI is InChI=1S/C10H10N4O4/c15-4-3-11-10(16)9-7-5-6(14(17)18)1-2-8(7)12-13-9/h1-2,5,15H,3-4H2,(H,11,16)(H,12,13). The molecule has 0 aliphatic carbocycles. The summed E-state index contributed by atoms with van der Waals surface area (Å²) in [4.78, 5) is 21.8. The van der Waals surface area contributed by atoms with Crippen LogP contribution in [0.2, 0.25) is 0 Å². The summed E-state index contributed by atoms with van der Waals surface area (Å²) in [5.74, 6) is -0.490. The highest BCUT2D eigenvalue weighted by molar-refractivity contribution is 6.05. The summed E-state index contributed by atoms with van der Waals surface area (Å²) in [5.41, 5.74) is 0.497. The van der Waals surface area contributed by atoms with E-state index in [1.54, 1.807) is 0 Å². The first kappa shape index (κ1) is 12.0. The lowest BCUT2D eigenvalue weighted by Gasteiger charge is -1.99. The normalized spacial score (nSPS) is 10.5. The summed E-state index contributed by atoms with van der Waals surface area (Å²) in [6, 6.07) is 4.10. The number of aliphatic hydroxyl groups is 1. The predicted octanol–water partition coefficient (Wildman–Crippen LogP) is 0.193. The van der Waals surface area contributed by atoms with Gasteiger partial charge in [0.25, 0.3) is 11.6 Å². The molecular formula is C10H10N4O4. The number of H-pyrrole nitrogens is 1. The molecule has 1 aromatic carbocycles. The number of aromatic nitrogens is 2. The zero-order valence-electron chi connectivity index (χ0n) is 9.21. The number of hydrogen-bond acceptors (Lipinski definition) is 5. The van der Waals surface area contributed by atoms with Crippen LogP contribution in [-0.4, -0.2) is 39.3 Å². The molecule has 0 spiro atoms. The van der Waals surface area contributed by atoms with Crippen LogP contribution >= 0.6 is 0 Å². The molecule has 0 atom stereocenters. The molecule has 2 aromatic rings. The molecule has 8 nitrogen and oxygen atoms in total. The molecule has 0 aliphatic heterocycles. The van der Waals surface area contributed by atoms with Crippen molar-refractivity contribution in [2.45, 2.75) is 0 Å². The average molecular weight is 250 g/mol. The van der Waals surface area contributed by atoms with Gasteiger partial charge < -0.3 is 10.4 Å². The number of nitro benzene ring substituents is 1. The highest BCUT2D eigenvalue weighted by atomic mass is 16.6. The van der Waals surface area contributed by atoms with E-state index in [2.05, 4.69) is 15.5 Å². The number of carbonyl (C=O) groups is 1. The molecule has 8 heteroatoms. The minimum Gasteiger partial charge on any atom is -0.395 e. The van der Waals surface area contributed by atoms with E-state index in [0.29, 0.717) is 10.9 Å². The van der Waals surface area contributed by atoms with Crippen molar-refractivity contribution in [2.75, 3.05) is 13.2 Å². The smallest absolute Gasteiger partial charge is 0.272 e. The summed E-state index contributed by atoms with van der Waals surface area (Å²) in [6.45, 7) is -0.0869. The molecule has 0 radical (unpaired) electrons. The molecule has 1 heterocycles. The molecule has 0 saturated carbocycles. The zero-order valence-corrected chi connectivity index (χ0v) is 9.21. The summed E-state index contributed by atoms with van der Waals surface area (Å²) in [7, 11) is 0. The summed E-state index contributed by atoms with van der Waals surface area (Å²) < 4.78 is 0. The van der Waals surface area contributed by atoms with Gasteiger partial charge in [-0.05, 0) is 6.07 Å². The maximum absolute atomic E-state index is 11.7. The third-order valence-corrected chi connectivity index (χ3v) is 2.37. The Hall–Kier alpha value is -2.48. The van der Waals surface area contributed by atoms with Crippen LogP contribution in [0.5, 0.6) is 0 Å². The van der Waals surface area contributed by atoms with Gasteiger partial charge in [-0.3, -0.25) is 20.0 Å². The van der Waals surface area contributed by atoms with Gasteiger partial charge in [-0.15, -0.1) is 0 Å². The van der Waals surface area contributed by atoms with Gasteiger partial charge in [-0.25, -0.2) is 0 Å². The van der Waals surface area contributed by atoms with Crippen molar-refractivity contribution in [3.05, 3.63) is 34.0 Å². The maximum Gasteiger partial charge on any atom is 0.272 e. The quantitative estimate of drug-likeness (QED) is 0.528. The molecule has 0 aliphatic rings. The first-order chi connectivity index (χ1) is 8.63. The molecule has 0 fully saturated rings. The molecule has 0 saturated heterocycles. The van der Waals surface area contributed by atoms with E-state index >= 15 is 0 Å². The van der Waals surface area contributed by atoms with E-state index < -0.39 is 10.8 Å². The summed E-state index contributed by atoms with van der Waals surface area (Å²) in [6.07, 6.45) is 0. The Labute approximate surface area is 101 Å². The second kappa shape index (κ2) is 4.80. The van der Waals surface area contributed by atoms with E-state index in [1.807, 2.05) is 0 Å². The summed E-state index contributed by atoms with van der Waals surface area (Å²) in [5, 5.41) is 28.5. The molecule has 2 rings (SSSR count). The van der Waals surface area contributed by atoms with Gasteiger partial charge in [0.15, 0.2) is 5.69 Å².